The summed E-state index contributed by atoms with van der Waals surface area (Å²) in [6, 6.07) is 31.5. The van der Waals surface area contributed by atoms with E-state index in [-0.39, 0.29) is 0 Å². The number of rotatable bonds is 7. The fourth-order valence-corrected chi connectivity index (χ4v) is 4.53. The third kappa shape index (κ3) is 4.80. The van der Waals surface area contributed by atoms with Crippen LogP contribution in [0.4, 0.5) is 0 Å². The van der Waals surface area contributed by atoms with Crippen LogP contribution < -0.4 is 5.73 Å². The van der Waals surface area contributed by atoms with Crippen molar-refractivity contribution in [2.75, 3.05) is 0 Å². The zero-order valence-electron chi connectivity index (χ0n) is 20.4. The lowest BCUT2D eigenvalue weighted by Crippen LogP contribution is -1.97. The molecular weight excluding hydrogens is 438 g/mol. The maximum absolute atomic E-state index is 6.45. The van der Waals surface area contributed by atoms with Crippen LogP contribution in [0.3, 0.4) is 0 Å². The Morgan fingerprint density at radius 1 is 0.806 bits per heavy atom. The van der Waals surface area contributed by atoms with E-state index in [9.17, 15) is 0 Å². The van der Waals surface area contributed by atoms with Gasteiger partial charge in [-0.25, -0.2) is 0 Å². The van der Waals surface area contributed by atoms with Crippen molar-refractivity contribution in [3.63, 3.8) is 0 Å². The van der Waals surface area contributed by atoms with E-state index >= 15 is 0 Å². The predicted molar refractivity (Wildman–Crippen MR) is 154 cm³/mol. The van der Waals surface area contributed by atoms with Crippen molar-refractivity contribution in [2.45, 2.75) is 13.3 Å². The molecule has 0 radical (unpaired) electrons. The number of benzene rings is 4. The van der Waals surface area contributed by atoms with Gasteiger partial charge in [-0.1, -0.05) is 110 Å². The summed E-state index contributed by atoms with van der Waals surface area (Å²) < 4.78 is 6.03. The molecule has 0 aliphatic heterocycles. The molecule has 0 saturated carbocycles. The third-order valence-corrected chi connectivity index (χ3v) is 6.39. The van der Waals surface area contributed by atoms with E-state index in [0.717, 1.165) is 56.3 Å². The molecule has 0 atom stereocenters. The average molecular weight is 468 g/mol. The van der Waals surface area contributed by atoms with E-state index in [1.165, 1.54) is 11.1 Å². The molecule has 0 spiro atoms. The van der Waals surface area contributed by atoms with E-state index in [0.29, 0.717) is 0 Å². The third-order valence-electron chi connectivity index (χ3n) is 6.39. The summed E-state index contributed by atoms with van der Waals surface area (Å²) in [5, 5.41) is 2.29. The van der Waals surface area contributed by atoms with Crippen molar-refractivity contribution in [1.82, 2.24) is 0 Å². The van der Waals surface area contributed by atoms with Crippen LogP contribution >= 0.6 is 0 Å². The van der Waals surface area contributed by atoms with Gasteiger partial charge in [0.2, 0.25) is 0 Å². The van der Waals surface area contributed by atoms with E-state index < -0.39 is 0 Å². The summed E-state index contributed by atoms with van der Waals surface area (Å²) in [6.07, 6.45) is 10.8. The minimum absolute atomic E-state index is 0.742. The Kier molecular flexibility index (Phi) is 6.68. The fourth-order valence-electron chi connectivity index (χ4n) is 4.53. The lowest BCUT2D eigenvalue weighted by atomic mass is 9.97. The van der Waals surface area contributed by atoms with Gasteiger partial charge in [-0.3, -0.25) is 0 Å². The SMILES string of the molecule is C=C/C=C(\C=C/C)c1cccc(-c2ccc(/C(N)=C/Cc3ccc4c(c3)oc3ccccc34)cc2)c1. The normalized spacial score (nSPS) is 12.6. The molecule has 36 heavy (non-hydrogen) atoms. The van der Waals surface area contributed by atoms with Crippen molar-refractivity contribution in [3.8, 4) is 11.1 Å². The van der Waals surface area contributed by atoms with Crippen LogP contribution in [-0.2, 0) is 6.42 Å². The maximum Gasteiger partial charge on any atom is 0.135 e. The van der Waals surface area contributed by atoms with E-state index in [1.807, 2.05) is 43.4 Å². The van der Waals surface area contributed by atoms with Crippen LogP contribution in [0, 0.1) is 0 Å². The summed E-state index contributed by atoms with van der Waals surface area (Å²) in [7, 11) is 0. The highest BCUT2D eigenvalue weighted by molar-refractivity contribution is 6.04. The van der Waals surface area contributed by atoms with Gasteiger partial charge in [-0.05, 0) is 64.9 Å². The molecular formula is C34H29NO. The molecule has 1 heterocycles. The topological polar surface area (TPSA) is 39.2 Å². The molecule has 2 heteroatoms. The standard InChI is InChI=1S/C34H29NO/c1-3-8-25(9-4-2)28-10-7-11-29(23-28)26-16-18-27(19-17-26)32(35)21-15-24-14-20-31-30-12-5-6-13-33(30)36-34(31)22-24/h3-14,16-23H,1,15,35H2,2H3/b9-4-,25-8+,32-21-. The lowest BCUT2D eigenvalue weighted by molar-refractivity contribution is 0.668. The second-order valence-corrected chi connectivity index (χ2v) is 8.81. The zero-order valence-corrected chi connectivity index (χ0v) is 20.4. The van der Waals surface area contributed by atoms with Crippen molar-refractivity contribution in [1.29, 1.82) is 0 Å². The average Bonchev–Trinajstić information content (AvgIpc) is 3.29. The molecule has 2 nitrogen and oxygen atoms in total. The lowest BCUT2D eigenvalue weighted by Gasteiger charge is -2.08. The molecule has 5 aromatic rings. The van der Waals surface area contributed by atoms with Gasteiger partial charge in [0.1, 0.15) is 11.2 Å². The molecule has 4 aromatic carbocycles. The molecule has 0 fully saturated rings. The Morgan fingerprint density at radius 2 is 1.61 bits per heavy atom. The Balaban J connectivity index is 1.34. The van der Waals surface area contributed by atoms with Crippen LogP contribution in [0.15, 0.2) is 132 Å². The van der Waals surface area contributed by atoms with Crippen molar-refractivity contribution < 1.29 is 4.42 Å². The second-order valence-electron chi connectivity index (χ2n) is 8.81. The van der Waals surface area contributed by atoms with Gasteiger partial charge < -0.3 is 10.2 Å². The van der Waals surface area contributed by atoms with E-state index in [1.54, 1.807) is 0 Å². The molecule has 0 unspecified atom stereocenters. The van der Waals surface area contributed by atoms with Crippen LogP contribution in [0.5, 0.6) is 0 Å². The van der Waals surface area contributed by atoms with Gasteiger partial charge in [-0.15, -0.1) is 0 Å². The first-order valence-electron chi connectivity index (χ1n) is 12.2. The van der Waals surface area contributed by atoms with Crippen molar-refractivity contribution in [3.05, 3.63) is 145 Å². The fraction of sp³-hybridized carbons (Fsp3) is 0.0588. The maximum atomic E-state index is 6.45. The summed E-state index contributed by atoms with van der Waals surface area (Å²) in [6.45, 7) is 5.86. The predicted octanol–water partition coefficient (Wildman–Crippen LogP) is 8.94. The van der Waals surface area contributed by atoms with Gasteiger partial charge in [0.25, 0.3) is 0 Å². The highest BCUT2D eigenvalue weighted by Gasteiger charge is 2.07. The first-order chi connectivity index (χ1) is 17.7. The van der Waals surface area contributed by atoms with Crippen molar-refractivity contribution >= 4 is 33.2 Å². The number of nitrogens with two attached hydrogens (primary N) is 1. The number of para-hydroxylation sites is 1. The molecule has 0 amide bonds. The van der Waals surface area contributed by atoms with Crippen LogP contribution in [-0.4, -0.2) is 0 Å². The summed E-state index contributed by atoms with van der Waals surface area (Å²) in [5.41, 5.74) is 15.8. The number of furan rings is 1. The number of hydrogen-bond acceptors (Lipinski definition) is 2. The second kappa shape index (κ2) is 10.4. The smallest absolute Gasteiger partial charge is 0.135 e. The number of allylic oxidation sites excluding steroid dienone is 6. The first kappa shape index (κ1) is 23.2. The highest BCUT2D eigenvalue weighted by atomic mass is 16.3. The van der Waals surface area contributed by atoms with Gasteiger partial charge in [0.05, 0.1) is 0 Å². The van der Waals surface area contributed by atoms with Crippen LogP contribution in [0.25, 0.3) is 44.3 Å². The summed E-state index contributed by atoms with van der Waals surface area (Å²) in [4.78, 5) is 0. The van der Waals surface area contributed by atoms with Gasteiger partial charge in [-0.2, -0.15) is 0 Å². The largest absolute Gasteiger partial charge is 0.456 e. The minimum atomic E-state index is 0.742. The molecule has 0 bridgehead atoms. The molecule has 1 aromatic heterocycles. The Bertz CT molecular complexity index is 1630. The molecule has 176 valence electrons. The molecule has 5 rings (SSSR count). The van der Waals surface area contributed by atoms with E-state index in [4.69, 9.17) is 10.2 Å². The quantitative estimate of drug-likeness (QED) is 0.243. The van der Waals surface area contributed by atoms with Crippen molar-refractivity contribution in [2.24, 2.45) is 5.73 Å². The Labute approximate surface area is 212 Å². The molecule has 0 aliphatic rings. The number of hydrogen-bond donors (Lipinski definition) is 1. The van der Waals surface area contributed by atoms with Gasteiger partial charge >= 0.3 is 0 Å². The highest BCUT2D eigenvalue weighted by Crippen LogP contribution is 2.30. The molecule has 0 saturated heterocycles. The van der Waals surface area contributed by atoms with Crippen LogP contribution in [0.1, 0.15) is 23.6 Å². The summed E-state index contributed by atoms with van der Waals surface area (Å²) in [5.74, 6) is 0. The molecule has 0 aliphatic carbocycles. The Morgan fingerprint density at radius 3 is 2.42 bits per heavy atom. The zero-order chi connectivity index (χ0) is 24.9. The molecule has 2 N–H and O–H groups in total. The van der Waals surface area contributed by atoms with E-state index in [2.05, 4.69) is 91.5 Å². The number of fused-ring (bicyclic) bond motifs is 3. The first-order valence-corrected chi connectivity index (χ1v) is 12.2. The van der Waals surface area contributed by atoms with Gasteiger partial charge in [0.15, 0.2) is 0 Å². The Hall–Kier alpha value is -4.56. The van der Waals surface area contributed by atoms with Gasteiger partial charge in [0, 0.05) is 16.5 Å². The monoisotopic (exact) mass is 467 g/mol. The van der Waals surface area contributed by atoms with Crippen LogP contribution in [0.2, 0.25) is 0 Å². The summed E-state index contributed by atoms with van der Waals surface area (Å²) >= 11 is 0. The minimum Gasteiger partial charge on any atom is -0.456 e.